The van der Waals surface area contributed by atoms with Crippen molar-refractivity contribution in [2.45, 2.75) is 64.7 Å². The van der Waals surface area contributed by atoms with Crippen LogP contribution in [0.5, 0.6) is 0 Å². The molecule has 3 nitrogen and oxygen atoms in total. The second-order valence-corrected chi connectivity index (χ2v) is 5.49. The Bertz CT molecular complexity index is 428. The van der Waals surface area contributed by atoms with Gasteiger partial charge in [-0.25, -0.2) is 4.79 Å². The number of rotatable bonds is 14. The topological polar surface area (TPSA) is 54.4 Å². The third-order valence-corrected chi connectivity index (χ3v) is 3.32. The van der Waals surface area contributed by atoms with E-state index in [1.807, 2.05) is 18.2 Å². The smallest absolute Gasteiger partial charge is 0.328 e. The molecule has 0 fully saturated rings. The number of Topliss-reactive ketones (excluding diaryl/α,β-unsaturated/α-hetero) is 1. The van der Waals surface area contributed by atoms with Gasteiger partial charge in [0.05, 0.1) is 0 Å². The molecule has 23 heavy (non-hydrogen) atoms. The minimum absolute atomic E-state index is 0.417. The molecule has 0 aliphatic rings. The number of ketones is 1. The molecule has 0 aliphatic heterocycles. The number of aliphatic carboxylic acids is 1. The quantitative estimate of drug-likeness (QED) is 0.265. The zero-order valence-corrected chi connectivity index (χ0v) is 14.2. The van der Waals surface area contributed by atoms with Gasteiger partial charge in [0.2, 0.25) is 0 Å². The third-order valence-electron chi connectivity index (χ3n) is 3.32. The Morgan fingerprint density at radius 1 is 0.783 bits per heavy atom. The molecule has 0 rings (SSSR count). The van der Waals surface area contributed by atoms with Crippen LogP contribution in [0.15, 0.2) is 48.6 Å². The van der Waals surface area contributed by atoms with Crippen LogP contribution in [0.1, 0.15) is 64.7 Å². The minimum Gasteiger partial charge on any atom is -0.478 e. The molecule has 0 heterocycles. The van der Waals surface area contributed by atoms with Gasteiger partial charge in [0.1, 0.15) is 5.78 Å². The standard InChI is InChI=1S/C20H30O3/c1-2-3-13-16-19(21)17-14-11-9-7-5-4-6-8-10-12-15-18-20(22)23/h4-6,8,10,12,15,18H,2-3,7,9,11,13-14,16-17H2,1H3,(H,22,23)/b5-4+,8-6+,12-10+,18-15+. The number of hydrogen-bond acceptors (Lipinski definition) is 2. The molecule has 3 heteroatoms. The third kappa shape index (κ3) is 18.1. The predicted octanol–water partition coefficient (Wildman–Crippen LogP) is 5.40. The van der Waals surface area contributed by atoms with E-state index >= 15 is 0 Å². The van der Waals surface area contributed by atoms with Crippen LogP contribution in [-0.4, -0.2) is 16.9 Å². The monoisotopic (exact) mass is 318 g/mol. The van der Waals surface area contributed by atoms with Crippen LogP contribution in [0.25, 0.3) is 0 Å². The van der Waals surface area contributed by atoms with Gasteiger partial charge in [-0.3, -0.25) is 4.79 Å². The van der Waals surface area contributed by atoms with Crippen LogP contribution in [0.2, 0.25) is 0 Å². The summed E-state index contributed by atoms with van der Waals surface area (Å²) >= 11 is 0. The van der Waals surface area contributed by atoms with E-state index in [0.29, 0.717) is 5.78 Å². The minimum atomic E-state index is -0.943. The van der Waals surface area contributed by atoms with Gasteiger partial charge in [-0.1, -0.05) is 68.7 Å². The molecular formula is C20H30O3. The lowest BCUT2D eigenvalue weighted by Gasteiger charge is -2.00. The summed E-state index contributed by atoms with van der Waals surface area (Å²) in [4.78, 5) is 21.8. The zero-order valence-electron chi connectivity index (χ0n) is 14.2. The highest BCUT2D eigenvalue weighted by Gasteiger charge is 2.00. The number of allylic oxidation sites excluding steroid dienone is 7. The first kappa shape index (κ1) is 21.1. The van der Waals surface area contributed by atoms with Crippen LogP contribution >= 0.6 is 0 Å². The molecule has 1 N–H and O–H groups in total. The lowest BCUT2D eigenvalue weighted by molar-refractivity contribution is -0.131. The lowest BCUT2D eigenvalue weighted by atomic mass is 10.1. The second-order valence-electron chi connectivity index (χ2n) is 5.49. The van der Waals surface area contributed by atoms with E-state index in [-0.39, 0.29) is 0 Å². The molecule has 0 aliphatic carbocycles. The molecule has 0 unspecified atom stereocenters. The molecule has 0 saturated carbocycles. The maximum absolute atomic E-state index is 11.6. The van der Waals surface area contributed by atoms with Crippen molar-refractivity contribution in [1.82, 2.24) is 0 Å². The number of unbranched alkanes of at least 4 members (excludes halogenated alkanes) is 5. The van der Waals surface area contributed by atoms with Gasteiger partial charge >= 0.3 is 5.97 Å². The van der Waals surface area contributed by atoms with Crippen molar-refractivity contribution in [2.75, 3.05) is 0 Å². The van der Waals surface area contributed by atoms with E-state index in [1.165, 1.54) is 12.5 Å². The summed E-state index contributed by atoms with van der Waals surface area (Å²) < 4.78 is 0. The van der Waals surface area contributed by atoms with E-state index in [1.54, 1.807) is 12.2 Å². The molecule has 0 spiro atoms. The van der Waals surface area contributed by atoms with E-state index in [9.17, 15) is 9.59 Å². The van der Waals surface area contributed by atoms with Crippen LogP contribution in [0.3, 0.4) is 0 Å². The largest absolute Gasteiger partial charge is 0.478 e. The Labute approximate surface area is 140 Å². The maximum Gasteiger partial charge on any atom is 0.328 e. The van der Waals surface area contributed by atoms with E-state index in [2.05, 4.69) is 13.0 Å². The predicted molar refractivity (Wildman–Crippen MR) is 96.4 cm³/mol. The molecule has 0 aromatic rings. The average molecular weight is 318 g/mol. The fraction of sp³-hybridized carbons (Fsp3) is 0.500. The Morgan fingerprint density at radius 3 is 2.04 bits per heavy atom. The van der Waals surface area contributed by atoms with E-state index in [4.69, 9.17) is 5.11 Å². The van der Waals surface area contributed by atoms with Crippen molar-refractivity contribution in [3.05, 3.63) is 48.6 Å². The Balaban J connectivity index is 3.50. The van der Waals surface area contributed by atoms with Crippen molar-refractivity contribution in [2.24, 2.45) is 0 Å². The summed E-state index contributed by atoms with van der Waals surface area (Å²) in [6, 6.07) is 0. The first-order valence-corrected chi connectivity index (χ1v) is 8.58. The molecular weight excluding hydrogens is 288 g/mol. The number of carbonyl (C=O) groups excluding carboxylic acids is 1. The fourth-order valence-corrected chi connectivity index (χ4v) is 2.03. The van der Waals surface area contributed by atoms with Crippen LogP contribution in [0.4, 0.5) is 0 Å². The molecule has 0 bridgehead atoms. The van der Waals surface area contributed by atoms with Crippen molar-refractivity contribution in [3.63, 3.8) is 0 Å². The molecule has 0 atom stereocenters. The first-order chi connectivity index (χ1) is 11.2. The maximum atomic E-state index is 11.6. The van der Waals surface area contributed by atoms with Gasteiger partial charge < -0.3 is 5.11 Å². The highest BCUT2D eigenvalue weighted by atomic mass is 16.4. The normalized spacial score (nSPS) is 12.2. The molecule has 128 valence electrons. The summed E-state index contributed by atoms with van der Waals surface area (Å²) in [6.45, 7) is 2.15. The van der Waals surface area contributed by atoms with Gasteiger partial charge in [-0.2, -0.15) is 0 Å². The molecule has 0 amide bonds. The Hall–Kier alpha value is -1.90. The summed E-state index contributed by atoms with van der Waals surface area (Å²) in [5.41, 5.74) is 0. The highest BCUT2D eigenvalue weighted by molar-refractivity contribution is 5.80. The van der Waals surface area contributed by atoms with Gasteiger partial charge in [0.15, 0.2) is 0 Å². The molecule has 0 aromatic heterocycles. The van der Waals surface area contributed by atoms with Gasteiger partial charge in [0, 0.05) is 18.9 Å². The summed E-state index contributed by atoms with van der Waals surface area (Å²) in [5.74, 6) is -0.526. The average Bonchev–Trinajstić information content (AvgIpc) is 2.51. The SMILES string of the molecule is CCCCCC(=O)CCCCC/C=C/C=C/C=C/C=C/C(=O)O. The van der Waals surface area contributed by atoms with Crippen molar-refractivity contribution in [1.29, 1.82) is 0 Å². The first-order valence-electron chi connectivity index (χ1n) is 8.58. The van der Waals surface area contributed by atoms with Gasteiger partial charge in [-0.05, 0) is 25.7 Å². The van der Waals surface area contributed by atoms with E-state index in [0.717, 1.165) is 57.4 Å². The van der Waals surface area contributed by atoms with Gasteiger partial charge in [-0.15, -0.1) is 0 Å². The number of hydrogen-bond donors (Lipinski definition) is 1. The molecule has 0 saturated heterocycles. The van der Waals surface area contributed by atoms with Crippen molar-refractivity contribution in [3.8, 4) is 0 Å². The fourth-order valence-electron chi connectivity index (χ4n) is 2.03. The number of carboxylic acids is 1. The van der Waals surface area contributed by atoms with Gasteiger partial charge in [0.25, 0.3) is 0 Å². The second kappa shape index (κ2) is 16.5. The molecule has 0 aromatic carbocycles. The van der Waals surface area contributed by atoms with Crippen LogP contribution in [-0.2, 0) is 9.59 Å². The summed E-state index contributed by atoms with van der Waals surface area (Å²) in [5, 5.41) is 8.39. The summed E-state index contributed by atoms with van der Waals surface area (Å²) in [6.07, 6.45) is 23.0. The van der Waals surface area contributed by atoms with Crippen molar-refractivity contribution < 1.29 is 14.7 Å². The van der Waals surface area contributed by atoms with Crippen LogP contribution < -0.4 is 0 Å². The number of carboxylic acid groups (broad SMARTS) is 1. The Kier molecular flexibility index (Phi) is 15.1. The van der Waals surface area contributed by atoms with E-state index < -0.39 is 5.97 Å². The molecule has 0 radical (unpaired) electrons. The lowest BCUT2D eigenvalue weighted by Crippen LogP contribution is -1.97. The Morgan fingerprint density at radius 2 is 1.39 bits per heavy atom. The summed E-state index contributed by atoms with van der Waals surface area (Å²) in [7, 11) is 0. The zero-order chi connectivity index (χ0) is 17.2. The highest BCUT2D eigenvalue weighted by Crippen LogP contribution is 2.08. The van der Waals surface area contributed by atoms with Crippen LogP contribution in [0, 0.1) is 0 Å². The number of carbonyl (C=O) groups is 2. The van der Waals surface area contributed by atoms with Crippen molar-refractivity contribution >= 4 is 11.8 Å².